The number of ether oxygens (including phenoxy) is 1. The van der Waals surface area contributed by atoms with Crippen molar-refractivity contribution in [3.63, 3.8) is 0 Å². The largest absolute Gasteiger partial charge is 0.488 e. The number of hydrogen-bond donors (Lipinski definition) is 1. The van der Waals surface area contributed by atoms with Gasteiger partial charge in [0.1, 0.15) is 23.7 Å². The number of hydrogen-bond acceptors (Lipinski definition) is 3. The molecule has 0 spiro atoms. The lowest BCUT2D eigenvalue weighted by atomic mass is 9.99. The molecule has 1 heterocycles. The van der Waals surface area contributed by atoms with Gasteiger partial charge in [0.25, 0.3) is 0 Å². The number of benzene rings is 2. The van der Waals surface area contributed by atoms with Crippen LogP contribution >= 0.6 is 0 Å². The minimum atomic E-state index is -0.807. The van der Waals surface area contributed by atoms with Gasteiger partial charge in [0.15, 0.2) is 6.67 Å². The zero-order valence-electron chi connectivity index (χ0n) is 18.2. The van der Waals surface area contributed by atoms with Crippen LogP contribution in [0.5, 0.6) is 5.75 Å². The Balaban J connectivity index is 1.88. The van der Waals surface area contributed by atoms with Crippen LogP contribution < -0.4 is 4.74 Å². The Morgan fingerprint density at radius 2 is 1.94 bits per heavy atom. The lowest BCUT2D eigenvalue weighted by molar-refractivity contribution is -0.136. The van der Waals surface area contributed by atoms with E-state index in [-0.39, 0.29) is 13.0 Å². The molecule has 31 heavy (non-hydrogen) atoms. The summed E-state index contributed by atoms with van der Waals surface area (Å²) in [4.78, 5) is 10.9. The van der Waals surface area contributed by atoms with Crippen molar-refractivity contribution in [3.05, 3.63) is 63.9 Å². The van der Waals surface area contributed by atoms with Gasteiger partial charge in [-0.3, -0.25) is 4.79 Å². The van der Waals surface area contributed by atoms with E-state index < -0.39 is 12.6 Å². The zero-order valence-corrected chi connectivity index (χ0v) is 18.2. The second-order valence-electron chi connectivity index (χ2n) is 7.61. The fourth-order valence-corrected chi connectivity index (χ4v) is 3.64. The summed E-state index contributed by atoms with van der Waals surface area (Å²) in [6, 6.07) is 9.61. The Morgan fingerprint density at radius 3 is 2.65 bits per heavy atom. The molecule has 3 aromatic rings. The summed E-state index contributed by atoms with van der Waals surface area (Å²) >= 11 is 0. The van der Waals surface area contributed by atoms with Crippen LogP contribution in [0.3, 0.4) is 0 Å². The van der Waals surface area contributed by atoms with Gasteiger partial charge in [0.2, 0.25) is 0 Å². The first-order valence-corrected chi connectivity index (χ1v) is 10.5. The third-order valence-corrected chi connectivity index (χ3v) is 5.38. The topological polar surface area (TPSA) is 59.7 Å². The van der Waals surface area contributed by atoms with Gasteiger partial charge in [-0.2, -0.15) is 0 Å². The van der Waals surface area contributed by atoms with Crippen molar-refractivity contribution >= 4 is 16.9 Å². The molecule has 0 amide bonds. The first-order valence-electron chi connectivity index (χ1n) is 10.5. The van der Waals surface area contributed by atoms with Crippen LogP contribution in [0.1, 0.15) is 53.3 Å². The minimum Gasteiger partial charge on any atom is -0.488 e. The molecule has 1 N–H and O–H groups in total. The molecule has 0 saturated heterocycles. The summed E-state index contributed by atoms with van der Waals surface area (Å²) in [5.41, 5.74) is 5.38. The van der Waals surface area contributed by atoms with Crippen molar-refractivity contribution in [2.24, 2.45) is 0 Å². The maximum absolute atomic E-state index is 12.5. The van der Waals surface area contributed by atoms with Gasteiger partial charge in [0, 0.05) is 29.4 Å². The Bertz CT molecular complexity index is 1150. The lowest BCUT2D eigenvalue weighted by Crippen LogP contribution is -2.03. The molecule has 2 aromatic carbocycles. The minimum absolute atomic E-state index is 0.101. The SMILES string of the molecule is CCCc1cc2cc(C#CCF)cc(COc3ccc(CCC(=O)O)c(C)c3C)c2o1. The smallest absolute Gasteiger partial charge is 0.303 e. The van der Waals surface area contributed by atoms with Crippen molar-refractivity contribution in [2.45, 2.75) is 53.1 Å². The lowest BCUT2D eigenvalue weighted by Gasteiger charge is -2.14. The number of aryl methyl sites for hydroxylation is 2. The van der Waals surface area contributed by atoms with Crippen LogP contribution in [0.2, 0.25) is 0 Å². The molecular formula is C26H27FO4. The molecule has 0 fully saturated rings. The molecule has 162 valence electrons. The highest BCUT2D eigenvalue weighted by Crippen LogP contribution is 2.29. The Labute approximate surface area is 182 Å². The third kappa shape index (κ3) is 5.46. The average molecular weight is 422 g/mol. The summed E-state index contributed by atoms with van der Waals surface area (Å²) in [6.45, 7) is 5.65. The Hall–Kier alpha value is -3.26. The van der Waals surface area contributed by atoms with Gasteiger partial charge in [-0.15, -0.1) is 0 Å². The number of rotatable bonds is 8. The zero-order chi connectivity index (χ0) is 22.4. The highest BCUT2D eigenvalue weighted by atomic mass is 19.1. The number of furan rings is 1. The monoisotopic (exact) mass is 422 g/mol. The van der Waals surface area contributed by atoms with E-state index in [1.165, 1.54) is 0 Å². The molecule has 0 radical (unpaired) electrons. The molecule has 3 rings (SSSR count). The van der Waals surface area contributed by atoms with Crippen molar-refractivity contribution in [3.8, 4) is 17.6 Å². The van der Waals surface area contributed by atoms with E-state index in [2.05, 4.69) is 18.8 Å². The molecule has 0 unspecified atom stereocenters. The number of halogens is 1. The normalized spacial score (nSPS) is 10.7. The highest BCUT2D eigenvalue weighted by molar-refractivity contribution is 5.83. The molecule has 0 aliphatic rings. The maximum atomic E-state index is 12.5. The maximum Gasteiger partial charge on any atom is 0.303 e. The average Bonchev–Trinajstić information content (AvgIpc) is 3.15. The Morgan fingerprint density at radius 1 is 1.13 bits per heavy atom. The van der Waals surface area contributed by atoms with Gasteiger partial charge >= 0.3 is 5.97 Å². The third-order valence-electron chi connectivity index (χ3n) is 5.38. The summed E-state index contributed by atoms with van der Waals surface area (Å²) in [5.74, 6) is 6.16. The van der Waals surface area contributed by atoms with Crippen LogP contribution in [0, 0.1) is 25.7 Å². The second-order valence-corrected chi connectivity index (χ2v) is 7.61. The first kappa shape index (κ1) is 22.4. The second kappa shape index (κ2) is 10.2. The summed E-state index contributed by atoms with van der Waals surface area (Å²) in [6.07, 6.45) is 2.41. The van der Waals surface area contributed by atoms with Crippen LogP contribution in [0.25, 0.3) is 11.0 Å². The molecule has 0 saturated carbocycles. The highest BCUT2D eigenvalue weighted by Gasteiger charge is 2.13. The quantitative estimate of drug-likeness (QED) is 0.458. The fraction of sp³-hybridized carbons (Fsp3) is 0.346. The van der Waals surface area contributed by atoms with E-state index >= 15 is 0 Å². The molecule has 0 bridgehead atoms. The molecule has 0 atom stereocenters. The number of alkyl halides is 1. The molecule has 5 heteroatoms. The van der Waals surface area contributed by atoms with Gasteiger partial charge in [-0.1, -0.05) is 24.8 Å². The van der Waals surface area contributed by atoms with Crippen molar-refractivity contribution < 1.29 is 23.4 Å². The van der Waals surface area contributed by atoms with Crippen LogP contribution in [0.15, 0.2) is 34.7 Å². The van der Waals surface area contributed by atoms with Gasteiger partial charge < -0.3 is 14.3 Å². The predicted octanol–water partition coefficient (Wildman–Crippen LogP) is 5.92. The molecule has 0 aliphatic carbocycles. The van der Waals surface area contributed by atoms with E-state index in [0.717, 1.165) is 63.1 Å². The fourth-order valence-electron chi connectivity index (χ4n) is 3.64. The van der Waals surface area contributed by atoms with E-state index in [1.54, 1.807) is 0 Å². The molecule has 0 aliphatic heterocycles. The van der Waals surface area contributed by atoms with E-state index in [9.17, 15) is 9.18 Å². The summed E-state index contributed by atoms with van der Waals surface area (Å²) in [7, 11) is 0. The van der Waals surface area contributed by atoms with Crippen molar-refractivity contribution in [1.29, 1.82) is 0 Å². The van der Waals surface area contributed by atoms with Gasteiger partial charge in [-0.05, 0) is 67.6 Å². The van der Waals surface area contributed by atoms with Gasteiger partial charge in [-0.25, -0.2) is 4.39 Å². The van der Waals surface area contributed by atoms with Crippen LogP contribution in [-0.4, -0.2) is 17.8 Å². The number of fused-ring (bicyclic) bond motifs is 1. The number of carbonyl (C=O) groups is 1. The number of carboxylic acid groups (broad SMARTS) is 1. The van der Waals surface area contributed by atoms with E-state index in [1.807, 2.05) is 44.2 Å². The van der Waals surface area contributed by atoms with Gasteiger partial charge in [0.05, 0.1) is 0 Å². The van der Waals surface area contributed by atoms with Crippen LogP contribution in [-0.2, 0) is 24.2 Å². The van der Waals surface area contributed by atoms with Crippen molar-refractivity contribution in [1.82, 2.24) is 0 Å². The van der Waals surface area contributed by atoms with E-state index in [4.69, 9.17) is 14.3 Å². The molecule has 4 nitrogen and oxygen atoms in total. The van der Waals surface area contributed by atoms with Crippen LogP contribution in [0.4, 0.5) is 4.39 Å². The summed E-state index contributed by atoms with van der Waals surface area (Å²) < 4.78 is 24.7. The molecule has 1 aromatic heterocycles. The Kier molecular flexibility index (Phi) is 7.36. The number of aliphatic carboxylic acids is 1. The predicted molar refractivity (Wildman–Crippen MR) is 119 cm³/mol. The molecular weight excluding hydrogens is 395 g/mol. The van der Waals surface area contributed by atoms with Crippen molar-refractivity contribution in [2.75, 3.05) is 6.67 Å². The van der Waals surface area contributed by atoms with E-state index in [0.29, 0.717) is 6.42 Å². The first-order chi connectivity index (χ1) is 14.9. The standard InChI is InChI=1S/C26H27FO4/c1-4-6-23-15-21-13-19(7-5-12-27)14-22(26(21)31-23)16-30-24-10-8-20(9-11-25(28)29)17(2)18(24)3/h8,10,13-15H,4,6,9,11-12,16H2,1-3H3,(H,28,29). The summed E-state index contributed by atoms with van der Waals surface area (Å²) in [5, 5.41) is 9.87. The number of carboxylic acids is 1.